The Hall–Kier alpha value is -5.09. The van der Waals surface area contributed by atoms with Gasteiger partial charge in [0.25, 0.3) is 17.7 Å². The third-order valence-electron chi connectivity index (χ3n) is 5.42. The van der Waals surface area contributed by atoms with E-state index in [4.69, 9.17) is 10.6 Å². The first-order valence-electron chi connectivity index (χ1n) is 11.3. The Balaban J connectivity index is 1.64. The highest BCUT2D eigenvalue weighted by atomic mass is 32.2. The molecule has 5 amide bonds. The topological polar surface area (TPSA) is 305 Å². The zero-order chi connectivity index (χ0) is 31.6. The van der Waals surface area contributed by atoms with Crippen molar-refractivity contribution in [1.29, 1.82) is 0 Å². The zero-order valence-corrected chi connectivity index (χ0v) is 23.3. The second kappa shape index (κ2) is 11.8. The number of nitrogen functional groups attached to an aromatic ring is 1. The number of carboxylic acids is 1. The molecule has 0 aliphatic carbocycles. The lowest BCUT2D eigenvalue weighted by atomic mass is 9.97. The number of urea groups is 1. The van der Waals surface area contributed by atoms with Crippen LogP contribution in [0.5, 0.6) is 5.75 Å². The highest BCUT2D eigenvalue weighted by molar-refractivity contribution is 7.88. The lowest BCUT2D eigenvalue weighted by Crippen LogP contribution is -2.73. The molecule has 0 radical (unpaired) electrons. The number of hydrazine groups is 1. The fraction of sp³-hybridized carbons (Fsp3) is 0.300. The van der Waals surface area contributed by atoms with Gasteiger partial charge in [-0.05, 0) is 20.8 Å². The van der Waals surface area contributed by atoms with Gasteiger partial charge in [0, 0.05) is 17.6 Å². The molecule has 0 spiro atoms. The van der Waals surface area contributed by atoms with Crippen molar-refractivity contribution in [3.05, 3.63) is 39.3 Å². The first-order chi connectivity index (χ1) is 19.4. The number of hydrogen-bond acceptors (Lipinski definition) is 14. The molecule has 1 aliphatic rings. The van der Waals surface area contributed by atoms with Crippen molar-refractivity contribution >= 4 is 62.1 Å². The van der Waals surface area contributed by atoms with E-state index in [-0.39, 0.29) is 10.8 Å². The van der Waals surface area contributed by atoms with Crippen molar-refractivity contribution in [3.8, 4) is 5.75 Å². The largest absolute Gasteiger partial charge is 0.503 e. The molecular formula is C20H23N9O11S2. The van der Waals surface area contributed by atoms with Gasteiger partial charge in [0.2, 0.25) is 11.0 Å². The van der Waals surface area contributed by atoms with E-state index >= 15 is 0 Å². The maximum Gasteiger partial charge on any atom is 0.350 e. The van der Waals surface area contributed by atoms with Crippen LogP contribution in [0, 0.1) is 0 Å². The number of oxime groups is 1. The maximum atomic E-state index is 12.9. The third kappa shape index (κ3) is 6.97. The first-order valence-corrected chi connectivity index (χ1v) is 13.7. The predicted octanol–water partition coefficient (Wildman–Crippen LogP) is -2.69. The van der Waals surface area contributed by atoms with Crippen LogP contribution in [-0.4, -0.2) is 86.6 Å². The molecule has 20 nitrogen and oxygen atoms in total. The second-order valence-electron chi connectivity index (χ2n) is 8.88. The summed E-state index contributed by atoms with van der Waals surface area (Å²) in [6.45, 7) is 3.64. The van der Waals surface area contributed by atoms with Gasteiger partial charge in [-0.25, -0.2) is 19.3 Å². The minimum absolute atomic E-state index is 0.0429. The molecule has 0 saturated carbocycles. The molecule has 3 rings (SSSR count). The van der Waals surface area contributed by atoms with Gasteiger partial charge in [0.15, 0.2) is 16.6 Å². The minimum atomic E-state index is -4.79. The number of nitrogens with zero attached hydrogens (tertiary/aromatic N) is 3. The molecule has 1 aliphatic heterocycles. The number of pyridine rings is 1. The number of carboxylic acid groups (broad SMARTS) is 1. The van der Waals surface area contributed by atoms with Crippen LogP contribution in [-0.2, 0) is 29.4 Å². The van der Waals surface area contributed by atoms with E-state index < -0.39 is 80.2 Å². The Morgan fingerprint density at radius 2 is 1.93 bits per heavy atom. The Morgan fingerprint density at radius 1 is 1.26 bits per heavy atom. The van der Waals surface area contributed by atoms with Crippen molar-refractivity contribution in [2.75, 3.05) is 5.73 Å². The van der Waals surface area contributed by atoms with Crippen LogP contribution >= 0.6 is 11.3 Å². The van der Waals surface area contributed by atoms with Crippen LogP contribution in [0.2, 0.25) is 0 Å². The third-order valence-corrected chi connectivity index (χ3v) is 6.90. The van der Waals surface area contributed by atoms with Gasteiger partial charge in [-0.15, -0.1) is 16.2 Å². The number of imide groups is 1. The SMILES string of the molecule is C[C@H]1[C@H](NC(=O)/C(=N\OC(C)(C)C(=O)O)c2csc(N)n2)C(=O)N1C(=O)NS(=O)(=O)NNC(=O)c1cc(=O)c(O)c[nH]1. The van der Waals surface area contributed by atoms with Crippen molar-refractivity contribution in [1.82, 2.24) is 35.2 Å². The molecule has 1 saturated heterocycles. The van der Waals surface area contributed by atoms with Crippen LogP contribution in [0.1, 0.15) is 37.0 Å². The van der Waals surface area contributed by atoms with Gasteiger partial charge >= 0.3 is 22.2 Å². The molecule has 42 heavy (non-hydrogen) atoms. The van der Waals surface area contributed by atoms with Crippen molar-refractivity contribution in [2.24, 2.45) is 5.16 Å². The Bertz CT molecular complexity index is 1650. The van der Waals surface area contributed by atoms with Crippen molar-refractivity contribution in [2.45, 2.75) is 38.5 Å². The summed E-state index contributed by atoms with van der Waals surface area (Å²) in [5, 5.41) is 25.7. The van der Waals surface area contributed by atoms with E-state index in [9.17, 15) is 47.4 Å². The van der Waals surface area contributed by atoms with Gasteiger partial charge in [0.1, 0.15) is 17.4 Å². The summed E-state index contributed by atoms with van der Waals surface area (Å²) in [5.41, 5.74) is 3.47. The van der Waals surface area contributed by atoms with E-state index in [1.165, 1.54) is 35.7 Å². The number of amides is 5. The summed E-state index contributed by atoms with van der Waals surface area (Å²) in [7, 11) is -4.79. The van der Waals surface area contributed by atoms with Gasteiger partial charge in [0.05, 0.1) is 6.04 Å². The van der Waals surface area contributed by atoms with Crippen LogP contribution in [0.4, 0.5) is 9.93 Å². The lowest BCUT2D eigenvalue weighted by molar-refractivity contribution is -0.161. The number of β-lactam (4-membered cyclic amide) rings is 1. The molecule has 1 fully saturated rings. The molecule has 0 aromatic carbocycles. The molecule has 22 heteroatoms. The fourth-order valence-electron chi connectivity index (χ4n) is 3.07. The number of rotatable bonds is 10. The van der Waals surface area contributed by atoms with Gasteiger partial charge in [-0.1, -0.05) is 5.16 Å². The molecule has 2 atom stereocenters. The van der Waals surface area contributed by atoms with Crippen LogP contribution in [0.3, 0.4) is 0 Å². The van der Waals surface area contributed by atoms with Crippen LogP contribution in [0.25, 0.3) is 0 Å². The quantitative estimate of drug-likeness (QED) is 0.0755. The standard InChI is InChI=1S/C20H23N9O11S2/c1-7-12(24-15(33)13(9-6-41-18(21)23-9)26-40-20(2,3)17(35)36)16(34)29(7)19(37)27-42(38,39)28-25-14(32)8-4-10(30)11(31)5-22-8/h4-7,12,28,31H,1-3H3,(H2,21,23)(H,22,30)(H,24,33)(H,25,32)(H,27,37)(H,35,36)/b26-13-/t7-,12-/m0/s1. The van der Waals surface area contributed by atoms with Gasteiger partial charge in [-0.3, -0.25) is 29.5 Å². The summed E-state index contributed by atoms with van der Waals surface area (Å²) >= 11 is 0.936. The smallest absolute Gasteiger partial charge is 0.350 e. The number of thiazole rings is 1. The van der Waals surface area contributed by atoms with Crippen LogP contribution < -0.4 is 31.5 Å². The number of aromatic amines is 1. The van der Waals surface area contributed by atoms with Crippen molar-refractivity contribution < 1.29 is 47.4 Å². The number of H-pyrrole nitrogens is 1. The molecular weight excluding hydrogens is 606 g/mol. The van der Waals surface area contributed by atoms with E-state index in [0.29, 0.717) is 11.0 Å². The van der Waals surface area contributed by atoms with Crippen LogP contribution in [0.15, 0.2) is 27.6 Å². The second-order valence-corrected chi connectivity index (χ2v) is 11.2. The molecule has 0 bridgehead atoms. The van der Waals surface area contributed by atoms with Crippen molar-refractivity contribution in [3.63, 3.8) is 0 Å². The number of carbonyl (C=O) groups excluding carboxylic acids is 4. The highest BCUT2D eigenvalue weighted by Gasteiger charge is 2.50. The normalized spacial score (nSPS) is 17.2. The summed E-state index contributed by atoms with van der Waals surface area (Å²) in [6.07, 6.45) is 0.796. The van der Waals surface area contributed by atoms with E-state index in [0.717, 1.165) is 17.5 Å². The molecule has 226 valence electrons. The number of carbonyl (C=O) groups is 5. The number of hydrogen-bond donors (Lipinski definition) is 8. The van der Waals surface area contributed by atoms with E-state index in [1.54, 1.807) is 5.43 Å². The number of likely N-dealkylation sites (tertiary alicyclic amines) is 1. The minimum Gasteiger partial charge on any atom is -0.503 e. The Kier molecular flexibility index (Phi) is 8.83. The lowest BCUT2D eigenvalue weighted by Gasteiger charge is -2.43. The Morgan fingerprint density at radius 3 is 2.48 bits per heavy atom. The summed E-state index contributed by atoms with van der Waals surface area (Å²) in [5.74, 6) is -5.31. The first kappa shape index (κ1) is 31.4. The van der Waals surface area contributed by atoms with Gasteiger partial charge < -0.3 is 31.1 Å². The molecule has 2 aromatic rings. The van der Waals surface area contributed by atoms with E-state index in [1.807, 2.05) is 0 Å². The molecule has 9 N–H and O–H groups in total. The Labute approximate surface area is 239 Å². The molecule has 3 heterocycles. The summed E-state index contributed by atoms with van der Waals surface area (Å²) in [6, 6.07) is -3.19. The number of anilines is 1. The number of aromatic hydroxyl groups is 1. The monoisotopic (exact) mass is 629 g/mol. The van der Waals surface area contributed by atoms with Gasteiger partial charge in [-0.2, -0.15) is 8.42 Å². The predicted molar refractivity (Wildman–Crippen MR) is 141 cm³/mol. The number of aromatic nitrogens is 2. The average Bonchev–Trinajstić information content (AvgIpc) is 3.32. The van der Waals surface area contributed by atoms with E-state index in [2.05, 4.69) is 20.4 Å². The zero-order valence-electron chi connectivity index (χ0n) is 21.7. The number of aliphatic carboxylic acids is 1. The number of nitrogens with two attached hydrogens (primary N) is 1. The summed E-state index contributed by atoms with van der Waals surface area (Å²) in [4.78, 5) is 85.9. The molecule has 0 unspecified atom stereocenters. The fourth-order valence-corrected chi connectivity index (χ4v) is 4.22. The number of nitrogens with one attached hydrogen (secondary N) is 5. The highest BCUT2D eigenvalue weighted by Crippen LogP contribution is 2.21. The molecule has 2 aromatic heterocycles. The summed E-state index contributed by atoms with van der Waals surface area (Å²) < 4.78 is 25.9. The maximum absolute atomic E-state index is 12.9. The average molecular weight is 630 g/mol.